The van der Waals surface area contributed by atoms with E-state index in [0.29, 0.717) is 22.6 Å². The summed E-state index contributed by atoms with van der Waals surface area (Å²) in [7, 11) is 0. The minimum atomic E-state index is -0.112. The number of nitrogens with zero attached hydrogens (tertiary/aromatic N) is 4. The molecule has 130 valence electrons. The third-order valence-electron chi connectivity index (χ3n) is 4.01. The molecular weight excluding hydrogens is 338 g/mol. The molecule has 1 amide bonds. The van der Waals surface area contributed by atoms with Crippen molar-refractivity contribution in [2.75, 3.05) is 11.9 Å². The highest BCUT2D eigenvalue weighted by Gasteiger charge is 2.31. The van der Waals surface area contributed by atoms with Crippen LogP contribution in [-0.2, 0) is 11.3 Å². The molecular formula is C17H19N5O2S. The second-order valence-corrected chi connectivity index (χ2v) is 7.18. The maximum atomic E-state index is 11.1. The highest BCUT2D eigenvalue weighted by molar-refractivity contribution is 7.15. The Bertz CT molecular complexity index is 783. The van der Waals surface area contributed by atoms with Gasteiger partial charge in [0.2, 0.25) is 11.8 Å². The largest absolute Gasteiger partial charge is 0.473 e. The highest BCUT2D eigenvalue weighted by atomic mass is 32.1. The van der Waals surface area contributed by atoms with E-state index in [4.69, 9.17) is 10.00 Å². The first-order chi connectivity index (χ1) is 12.0. The molecule has 8 heteroatoms. The lowest BCUT2D eigenvalue weighted by atomic mass is 10.2. The van der Waals surface area contributed by atoms with Crippen LogP contribution in [0.2, 0.25) is 0 Å². The summed E-state index contributed by atoms with van der Waals surface area (Å²) < 4.78 is 5.94. The number of amides is 1. The Hall–Kier alpha value is -2.50. The molecule has 1 fully saturated rings. The van der Waals surface area contributed by atoms with Gasteiger partial charge in [-0.2, -0.15) is 5.26 Å². The first-order valence-corrected chi connectivity index (χ1v) is 8.84. The number of nitrogens with one attached hydrogen (secondary N) is 1. The van der Waals surface area contributed by atoms with Crippen molar-refractivity contribution in [3.63, 3.8) is 0 Å². The van der Waals surface area contributed by atoms with Crippen molar-refractivity contribution >= 4 is 22.4 Å². The van der Waals surface area contributed by atoms with E-state index >= 15 is 0 Å². The third kappa shape index (κ3) is 4.53. The topological polar surface area (TPSA) is 91.1 Å². The maximum Gasteiger partial charge on any atom is 0.223 e. The number of hydrogen-bond acceptors (Lipinski definition) is 7. The maximum absolute atomic E-state index is 11.1. The van der Waals surface area contributed by atoms with Gasteiger partial charge in [0.05, 0.1) is 5.56 Å². The Morgan fingerprint density at radius 3 is 3.00 bits per heavy atom. The molecule has 25 heavy (non-hydrogen) atoms. The number of ether oxygens (including phenoxy) is 1. The van der Waals surface area contributed by atoms with Gasteiger partial charge in [0, 0.05) is 55.8 Å². The number of carbonyl (C=O) groups is 1. The van der Waals surface area contributed by atoms with Crippen LogP contribution in [-0.4, -0.2) is 39.5 Å². The van der Waals surface area contributed by atoms with Crippen LogP contribution >= 0.6 is 11.3 Å². The van der Waals surface area contributed by atoms with Gasteiger partial charge in [0.25, 0.3) is 0 Å². The van der Waals surface area contributed by atoms with E-state index in [-0.39, 0.29) is 12.0 Å². The van der Waals surface area contributed by atoms with Gasteiger partial charge in [-0.1, -0.05) is 0 Å². The molecule has 1 aliphatic heterocycles. The van der Waals surface area contributed by atoms with Gasteiger partial charge in [-0.3, -0.25) is 9.69 Å². The minimum Gasteiger partial charge on any atom is -0.473 e. The van der Waals surface area contributed by atoms with E-state index in [2.05, 4.69) is 27.1 Å². The molecule has 2 aromatic heterocycles. The molecule has 0 aromatic carbocycles. The lowest BCUT2D eigenvalue weighted by Gasteiger charge is -2.19. The summed E-state index contributed by atoms with van der Waals surface area (Å²) in [5.41, 5.74) is 0.522. The Morgan fingerprint density at radius 1 is 1.48 bits per heavy atom. The molecule has 0 aliphatic carbocycles. The zero-order chi connectivity index (χ0) is 17.8. The van der Waals surface area contributed by atoms with Crippen molar-refractivity contribution in [3.8, 4) is 11.9 Å². The van der Waals surface area contributed by atoms with Gasteiger partial charge >= 0.3 is 0 Å². The van der Waals surface area contributed by atoms with Gasteiger partial charge in [0.15, 0.2) is 5.13 Å². The number of carbonyl (C=O) groups excluding carboxylic acids is 1. The van der Waals surface area contributed by atoms with Crippen molar-refractivity contribution in [1.82, 2.24) is 14.9 Å². The molecule has 1 N–H and O–H groups in total. The third-order valence-corrected chi connectivity index (χ3v) is 4.91. The number of pyridine rings is 1. The van der Waals surface area contributed by atoms with E-state index in [1.165, 1.54) is 24.5 Å². The summed E-state index contributed by atoms with van der Waals surface area (Å²) in [5, 5.41) is 12.1. The first-order valence-electron chi connectivity index (χ1n) is 8.02. The standard InChI is InChI=1S/C17H19N5O2S/c1-11-5-14(24-16-4-3-13(6-18)7-19-16)9-22(11)10-15-8-20-17(25-15)21-12(2)23/h3-4,7-8,11,14H,5,9-10H2,1-2H3,(H,20,21,23)/t11-,14+/m0/s1. The lowest BCUT2D eigenvalue weighted by Crippen LogP contribution is -2.27. The number of anilines is 1. The molecule has 0 bridgehead atoms. The number of nitriles is 1. The van der Waals surface area contributed by atoms with Gasteiger partial charge in [0.1, 0.15) is 12.2 Å². The van der Waals surface area contributed by atoms with Crippen molar-refractivity contribution in [3.05, 3.63) is 35.0 Å². The Morgan fingerprint density at radius 2 is 2.32 bits per heavy atom. The van der Waals surface area contributed by atoms with Crippen molar-refractivity contribution < 1.29 is 9.53 Å². The monoisotopic (exact) mass is 357 g/mol. The number of rotatable bonds is 5. The first kappa shape index (κ1) is 17.3. The summed E-state index contributed by atoms with van der Waals surface area (Å²) in [5.74, 6) is 0.433. The molecule has 0 spiro atoms. The molecule has 1 saturated heterocycles. The van der Waals surface area contributed by atoms with Gasteiger partial charge in [-0.25, -0.2) is 9.97 Å². The summed E-state index contributed by atoms with van der Waals surface area (Å²) in [6.07, 6.45) is 4.31. The normalized spacial score (nSPS) is 20.2. The number of aromatic nitrogens is 2. The van der Waals surface area contributed by atoms with E-state index in [9.17, 15) is 4.79 Å². The average molecular weight is 357 g/mol. The highest BCUT2D eigenvalue weighted by Crippen LogP contribution is 2.26. The Kier molecular flexibility index (Phi) is 5.26. The molecule has 0 radical (unpaired) electrons. The SMILES string of the molecule is CC(=O)Nc1ncc(CN2C[C@H](Oc3ccc(C#N)cn3)C[C@@H]2C)s1. The minimum absolute atomic E-state index is 0.0678. The van der Waals surface area contributed by atoms with Crippen LogP contribution in [0.1, 0.15) is 30.7 Å². The summed E-state index contributed by atoms with van der Waals surface area (Å²) in [6, 6.07) is 5.87. The molecule has 0 unspecified atom stereocenters. The van der Waals surface area contributed by atoms with Crippen LogP contribution in [0.5, 0.6) is 5.88 Å². The number of thiazole rings is 1. The van der Waals surface area contributed by atoms with Crippen molar-refractivity contribution in [2.24, 2.45) is 0 Å². The summed E-state index contributed by atoms with van der Waals surface area (Å²) >= 11 is 1.49. The van der Waals surface area contributed by atoms with Crippen LogP contribution in [0, 0.1) is 11.3 Å². The van der Waals surface area contributed by atoms with Gasteiger partial charge < -0.3 is 10.1 Å². The average Bonchev–Trinajstić information content (AvgIpc) is 3.14. The predicted molar refractivity (Wildman–Crippen MR) is 94.3 cm³/mol. The molecule has 2 aromatic rings. The predicted octanol–water partition coefficient (Wildman–Crippen LogP) is 2.41. The van der Waals surface area contributed by atoms with Crippen LogP contribution in [0.4, 0.5) is 5.13 Å². The van der Waals surface area contributed by atoms with E-state index in [1.54, 1.807) is 18.3 Å². The number of hydrogen-bond donors (Lipinski definition) is 1. The second-order valence-electron chi connectivity index (χ2n) is 6.06. The zero-order valence-electron chi connectivity index (χ0n) is 14.1. The quantitative estimate of drug-likeness (QED) is 0.883. The molecule has 0 saturated carbocycles. The smallest absolute Gasteiger partial charge is 0.223 e. The number of likely N-dealkylation sites (tertiary alicyclic amines) is 1. The van der Waals surface area contributed by atoms with E-state index in [0.717, 1.165) is 24.4 Å². The van der Waals surface area contributed by atoms with Gasteiger partial charge in [-0.15, -0.1) is 11.3 Å². The summed E-state index contributed by atoms with van der Waals surface area (Å²) in [4.78, 5) is 22.9. The zero-order valence-corrected chi connectivity index (χ0v) is 14.9. The van der Waals surface area contributed by atoms with Crippen molar-refractivity contribution in [2.45, 2.75) is 39.0 Å². The fraction of sp³-hybridized carbons (Fsp3) is 0.412. The van der Waals surface area contributed by atoms with Crippen LogP contribution < -0.4 is 10.1 Å². The van der Waals surface area contributed by atoms with E-state index in [1.807, 2.05) is 6.07 Å². The van der Waals surface area contributed by atoms with Crippen LogP contribution in [0.15, 0.2) is 24.5 Å². The second kappa shape index (κ2) is 7.59. The van der Waals surface area contributed by atoms with Crippen LogP contribution in [0.3, 0.4) is 0 Å². The summed E-state index contributed by atoms with van der Waals surface area (Å²) in [6.45, 7) is 5.23. The van der Waals surface area contributed by atoms with E-state index < -0.39 is 0 Å². The fourth-order valence-electron chi connectivity index (χ4n) is 2.83. The fourth-order valence-corrected chi connectivity index (χ4v) is 3.71. The van der Waals surface area contributed by atoms with Crippen molar-refractivity contribution in [1.29, 1.82) is 5.26 Å². The van der Waals surface area contributed by atoms with Gasteiger partial charge in [-0.05, 0) is 13.0 Å². The molecule has 3 heterocycles. The molecule has 3 rings (SSSR count). The molecule has 7 nitrogen and oxygen atoms in total. The molecule has 2 atom stereocenters. The Labute approximate surface area is 150 Å². The lowest BCUT2D eigenvalue weighted by molar-refractivity contribution is -0.114. The molecule has 1 aliphatic rings. The Balaban J connectivity index is 1.56. The van der Waals surface area contributed by atoms with Crippen LogP contribution in [0.25, 0.3) is 0 Å².